The van der Waals surface area contributed by atoms with Crippen LogP contribution in [0.2, 0.25) is 0 Å². The van der Waals surface area contributed by atoms with Crippen LogP contribution in [-0.4, -0.2) is 110 Å². The van der Waals surface area contributed by atoms with E-state index in [0.29, 0.717) is 19.6 Å². The van der Waals surface area contributed by atoms with Gasteiger partial charge in [0.1, 0.15) is 6.10 Å². The lowest BCUT2D eigenvalue weighted by molar-refractivity contribution is 0.0541. The highest BCUT2D eigenvalue weighted by atomic mass is 32.1. The molecular weight excluding hydrogens is 578 g/mol. The van der Waals surface area contributed by atoms with E-state index in [1.54, 1.807) is 9.80 Å². The third-order valence-corrected chi connectivity index (χ3v) is 9.27. The van der Waals surface area contributed by atoms with Crippen molar-refractivity contribution in [2.24, 2.45) is 0 Å². The molecule has 234 valence electrons. The number of likely N-dealkylation sites (N-methyl/N-ethyl adjacent to an activating group) is 1. The number of piperazine rings is 1. The number of ether oxygens (including phenoxy) is 2. The number of para-hydroxylation sites is 1. The summed E-state index contributed by atoms with van der Waals surface area (Å²) in [6, 6.07) is 21.6. The van der Waals surface area contributed by atoms with Crippen molar-refractivity contribution in [1.29, 1.82) is 0 Å². The highest BCUT2D eigenvalue weighted by Crippen LogP contribution is 2.28. The van der Waals surface area contributed by atoms with Crippen LogP contribution in [0.5, 0.6) is 0 Å². The first-order chi connectivity index (χ1) is 21.4. The van der Waals surface area contributed by atoms with Crippen LogP contribution >= 0.6 is 11.3 Å². The molecule has 0 bridgehead atoms. The second kappa shape index (κ2) is 15.2. The summed E-state index contributed by atoms with van der Waals surface area (Å²) in [5, 5.41) is 2.93. The number of anilines is 1. The van der Waals surface area contributed by atoms with E-state index in [4.69, 9.17) is 9.47 Å². The minimum Gasteiger partial charge on any atom is -0.453 e. The Kier molecular flexibility index (Phi) is 10.9. The fourth-order valence-corrected chi connectivity index (χ4v) is 6.64. The molecule has 1 N–H and O–H groups in total. The lowest BCUT2D eigenvalue weighted by atomic mass is 10.0. The molecule has 1 aromatic heterocycles. The van der Waals surface area contributed by atoms with Crippen molar-refractivity contribution in [2.45, 2.75) is 25.5 Å². The molecule has 3 heterocycles. The molecule has 2 fully saturated rings. The molecule has 0 unspecified atom stereocenters. The normalized spacial score (nSPS) is 16.4. The number of amides is 3. The monoisotopic (exact) mass is 619 g/mol. The smallest absolute Gasteiger partial charge is 0.411 e. The summed E-state index contributed by atoms with van der Waals surface area (Å²) in [6.07, 6.45) is 0.665. The average molecular weight is 620 g/mol. The van der Waals surface area contributed by atoms with Gasteiger partial charge in [0.05, 0.1) is 17.7 Å². The van der Waals surface area contributed by atoms with E-state index in [-0.39, 0.29) is 18.1 Å². The summed E-state index contributed by atoms with van der Waals surface area (Å²) >= 11 is 1.54. The van der Waals surface area contributed by atoms with E-state index < -0.39 is 6.09 Å². The zero-order valence-electron chi connectivity index (χ0n) is 25.4. The van der Waals surface area contributed by atoms with Crippen LogP contribution in [0.1, 0.15) is 27.4 Å². The van der Waals surface area contributed by atoms with Crippen LogP contribution in [0.25, 0.3) is 11.1 Å². The molecule has 0 saturated carbocycles. The number of nitrogens with zero attached hydrogens (tertiary/aromatic N) is 4. The molecular formula is C33H41N5O5S. The van der Waals surface area contributed by atoms with Crippen molar-refractivity contribution in [1.82, 2.24) is 19.6 Å². The first-order valence-electron chi connectivity index (χ1n) is 15.1. The number of nitrogens with one attached hydrogen (secondary N) is 1. The summed E-state index contributed by atoms with van der Waals surface area (Å²) < 4.78 is 10.6. The molecule has 2 saturated heterocycles. The summed E-state index contributed by atoms with van der Waals surface area (Å²) in [6.45, 7) is 6.65. The number of benzene rings is 2. The number of hydrogen-bond acceptors (Lipinski definition) is 8. The lowest BCUT2D eigenvalue weighted by Crippen LogP contribution is -2.48. The van der Waals surface area contributed by atoms with Gasteiger partial charge >= 0.3 is 12.2 Å². The maximum absolute atomic E-state index is 13.1. The maximum Gasteiger partial charge on any atom is 0.411 e. The molecule has 10 nitrogen and oxygen atoms in total. The van der Waals surface area contributed by atoms with Crippen molar-refractivity contribution < 1.29 is 23.9 Å². The van der Waals surface area contributed by atoms with Gasteiger partial charge in [0.25, 0.3) is 5.91 Å². The summed E-state index contributed by atoms with van der Waals surface area (Å²) in [4.78, 5) is 47.5. The van der Waals surface area contributed by atoms with E-state index in [0.717, 1.165) is 78.7 Å². The topological polar surface area (TPSA) is 94.7 Å². The Bertz CT molecular complexity index is 1400. The van der Waals surface area contributed by atoms with Crippen LogP contribution in [0.4, 0.5) is 15.3 Å². The van der Waals surface area contributed by atoms with Crippen molar-refractivity contribution in [3.8, 4) is 11.1 Å². The minimum atomic E-state index is -0.434. The van der Waals surface area contributed by atoms with Crippen molar-refractivity contribution >= 4 is 35.1 Å². The van der Waals surface area contributed by atoms with Crippen LogP contribution in [0, 0.1) is 0 Å². The average Bonchev–Trinajstić information content (AvgIpc) is 3.53. The van der Waals surface area contributed by atoms with Gasteiger partial charge in [-0.25, -0.2) is 9.59 Å². The number of hydrogen-bond donors (Lipinski definition) is 1. The van der Waals surface area contributed by atoms with Gasteiger partial charge in [0.2, 0.25) is 0 Å². The quantitative estimate of drug-likeness (QED) is 0.357. The fraction of sp³-hybridized carbons (Fsp3) is 0.424. The number of piperidine rings is 1. The molecule has 0 atom stereocenters. The van der Waals surface area contributed by atoms with E-state index in [1.807, 2.05) is 73.8 Å². The third-order valence-electron chi connectivity index (χ3n) is 8.21. The zero-order valence-corrected chi connectivity index (χ0v) is 26.3. The Morgan fingerprint density at radius 3 is 2.32 bits per heavy atom. The van der Waals surface area contributed by atoms with Gasteiger partial charge in [-0.1, -0.05) is 48.5 Å². The predicted octanol–water partition coefficient (Wildman–Crippen LogP) is 5.08. The molecule has 2 aromatic carbocycles. The molecule has 2 aliphatic heterocycles. The number of thiophene rings is 1. The molecule has 44 heavy (non-hydrogen) atoms. The van der Waals surface area contributed by atoms with Gasteiger partial charge in [-0.15, -0.1) is 11.3 Å². The molecule has 0 spiro atoms. The van der Waals surface area contributed by atoms with Crippen LogP contribution < -0.4 is 5.32 Å². The highest BCUT2D eigenvalue weighted by molar-refractivity contribution is 7.14. The molecule has 3 aromatic rings. The van der Waals surface area contributed by atoms with Crippen LogP contribution in [0.15, 0.2) is 66.7 Å². The number of rotatable bonds is 9. The molecule has 0 aliphatic carbocycles. The van der Waals surface area contributed by atoms with Crippen molar-refractivity contribution in [2.75, 3.05) is 71.8 Å². The summed E-state index contributed by atoms with van der Waals surface area (Å²) in [5.41, 5.74) is 2.71. The highest BCUT2D eigenvalue weighted by Gasteiger charge is 2.25. The molecule has 3 amide bonds. The van der Waals surface area contributed by atoms with E-state index in [1.165, 1.54) is 18.4 Å². The van der Waals surface area contributed by atoms with Gasteiger partial charge in [0.15, 0.2) is 0 Å². The predicted molar refractivity (Wildman–Crippen MR) is 172 cm³/mol. The fourth-order valence-electron chi connectivity index (χ4n) is 5.60. The SMILES string of the molecule is COC(=O)N1CCN(Cc2ccc(C(=O)N(C)CCN3CCC(OC(=O)Nc4ccccc4-c4ccccc4)CC3)s2)CC1. The molecule has 11 heteroatoms. The van der Waals surface area contributed by atoms with Crippen molar-refractivity contribution in [3.63, 3.8) is 0 Å². The zero-order chi connectivity index (χ0) is 30.9. The van der Waals surface area contributed by atoms with Gasteiger partial charge in [-0.3, -0.25) is 15.0 Å². The van der Waals surface area contributed by atoms with Crippen molar-refractivity contribution in [3.05, 3.63) is 76.5 Å². The van der Waals surface area contributed by atoms with E-state index in [2.05, 4.69) is 15.1 Å². The maximum atomic E-state index is 13.1. The first kappa shape index (κ1) is 31.5. The summed E-state index contributed by atoms with van der Waals surface area (Å²) in [5.74, 6) is 0.0300. The Balaban J connectivity index is 1.01. The van der Waals surface area contributed by atoms with Gasteiger partial charge in [-0.05, 0) is 36.6 Å². The number of carbonyl (C=O) groups excluding carboxylic acids is 3. The third kappa shape index (κ3) is 8.37. The Labute approximate surface area is 263 Å². The minimum absolute atomic E-state index is 0.0300. The number of likely N-dealkylation sites (tertiary alicyclic amines) is 1. The number of methoxy groups -OCH3 is 1. The Hall–Kier alpha value is -3.93. The molecule has 2 aliphatic rings. The van der Waals surface area contributed by atoms with E-state index in [9.17, 15) is 14.4 Å². The number of carbonyl (C=O) groups is 3. The first-order valence-corrected chi connectivity index (χ1v) is 15.9. The van der Waals surface area contributed by atoms with Gasteiger partial charge in [0, 0.05) is 76.4 Å². The Morgan fingerprint density at radius 2 is 1.59 bits per heavy atom. The standard InChI is InChI=1S/C33H41N5O5S/c1-35(31(39)30-13-12-27(44-30)24-37-20-22-38(23-21-37)33(41)42-2)18-19-36-16-14-26(15-17-36)43-32(40)34-29-11-7-6-10-28(29)25-8-4-3-5-9-25/h3-13,26H,14-24H2,1-2H3,(H,34,40). The molecule has 5 rings (SSSR count). The summed E-state index contributed by atoms with van der Waals surface area (Å²) in [7, 11) is 3.26. The lowest BCUT2D eigenvalue weighted by Gasteiger charge is -2.33. The van der Waals surface area contributed by atoms with Crippen LogP contribution in [-0.2, 0) is 16.0 Å². The second-order valence-electron chi connectivity index (χ2n) is 11.2. The Morgan fingerprint density at radius 1 is 0.886 bits per heavy atom. The molecule has 0 radical (unpaired) electrons. The van der Waals surface area contributed by atoms with Gasteiger partial charge in [-0.2, -0.15) is 0 Å². The largest absolute Gasteiger partial charge is 0.453 e. The second-order valence-corrected chi connectivity index (χ2v) is 12.4. The van der Waals surface area contributed by atoms with E-state index >= 15 is 0 Å². The van der Waals surface area contributed by atoms with Crippen LogP contribution in [0.3, 0.4) is 0 Å². The van der Waals surface area contributed by atoms with Gasteiger partial charge < -0.3 is 24.2 Å².